The van der Waals surface area contributed by atoms with Crippen LogP contribution in [0, 0.1) is 0 Å². The number of benzene rings is 2. The first kappa shape index (κ1) is 19.4. The van der Waals surface area contributed by atoms with Gasteiger partial charge in [-0.1, -0.05) is 30.3 Å². The van der Waals surface area contributed by atoms with E-state index in [2.05, 4.69) is 15.6 Å². The van der Waals surface area contributed by atoms with Gasteiger partial charge in [0, 0.05) is 31.3 Å². The van der Waals surface area contributed by atoms with Gasteiger partial charge < -0.3 is 24.8 Å². The van der Waals surface area contributed by atoms with E-state index in [4.69, 9.17) is 14.2 Å². The van der Waals surface area contributed by atoms with Gasteiger partial charge in [-0.15, -0.1) is 0 Å². The SMILES string of the molecule is CCOc1ccccc1CNC(=NC)NCc1cccc(OC)c1OC. The summed E-state index contributed by atoms with van der Waals surface area (Å²) in [4.78, 5) is 4.27. The van der Waals surface area contributed by atoms with Crippen LogP contribution in [0.4, 0.5) is 0 Å². The van der Waals surface area contributed by atoms with Crippen molar-refractivity contribution in [2.45, 2.75) is 20.0 Å². The summed E-state index contributed by atoms with van der Waals surface area (Å²) < 4.78 is 16.5. The van der Waals surface area contributed by atoms with Crippen molar-refractivity contribution >= 4 is 5.96 Å². The molecule has 2 rings (SSSR count). The lowest BCUT2D eigenvalue weighted by molar-refractivity contribution is 0.336. The highest BCUT2D eigenvalue weighted by molar-refractivity contribution is 5.79. The molecule has 0 saturated heterocycles. The zero-order chi connectivity index (χ0) is 18.8. The van der Waals surface area contributed by atoms with E-state index in [9.17, 15) is 0 Å². The van der Waals surface area contributed by atoms with Crippen LogP contribution in [0.25, 0.3) is 0 Å². The van der Waals surface area contributed by atoms with Crippen molar-refractivity contribution in [1.82, 2.24) is 10.6 Å². The first-order valence-corrected chi connectivity index (χ1v) is 8.58. The van der Waals surface area contributed by atoms with Crippen molar-refractivity contribution < 1.29 is 14.2 Å². The largest absolute Gasteiger partial charge is 0.494 e. The number of hydrogen-bond donors (Lipinski definition) is 2. The highest BCUT2D eigenvalue weighted by atomic mass is 16.5. The van der Waals surface area contributed by atoms with Gasteiger partial charge >= 0.3 is 0 Å². The molecule has 0 aromatic heterocycles. The maximum absolute atomic E-state index is 5.66. The third-order valence-electron chi connectivity index (χ3n) is 3.87. The number of nitrogens with one attached hydrogen (secondary N) is 2. The molecule has 0 aliphatic rings. The summed E-state index contributed by atoms with van der Waals surface area (Å²) >= 11 is 0. The number of nitrogens with zero attached hydrogens (tertiary/aromatic N) is 1. The Labute approximate surface area is 155 Å². The molecule has 6 nitrogen and oxygen atoms in total. The van der Waals surface area contributed by atoms with E-state index in [0.29, 0.717) is 31.4 Å². The lowest BCUT2D eigenvalue weighted by Gasteiger charge is -2.16. The first-order valence-electron chi connectivity index (χ1n) is 8.58. The molecule has 0 atom stereocenters. The lowest BCUT2D eigenvalue weighted by Crippen LogP contribution is -2.36. The minimum Gasteiger partial charge on any atom is -0.494 e. The molecule has 0 radical (unpaired) electrons. The molecule has 0 amide bonds. The summed E-state index contributed by atoms with van der Waals surface area (Å²) in [5.74, 6) is 3.01. The van der Waals surface area contributed by atoms with Crippen LogP contribution in [0.3, 0.4) is 0 Å². The molecule has 26 heavy (non-hydrogen) atoms. The molecular formula is C20H27N3O3. The van der Waals surface area contributed by atoms with Crippen LogP contribution in [-0.4, -0.2) is 33.8 Å². The van der Waals surface area contributed by atoms with Gasteiger partial charge in [0.2, 0.25) is 0 Å². The summed E-state index contributed by atoms with van der Waals surface area (Å²) in [6.45, 7) is 3.80. The maximum atomic E-state index is 5.66. The van der Waals surface area contributed by atoms with Gasteiger partial charge in [-0.25, -0.2) is 0 Å². The smallest absolute Gasteiger partial charge is 0.191 e. The summed E-state index contributed by atoms with van der Waals surface area (Å²) in [6, 6.07) is 13.8. The normalized spacial score (nSPS) is 11.0. The Kier molecular flexibility index (Phi) is 7.61. The predicted octanol–water partition coefficient (Wildman–Crippen LogP) is 2.97. The molecule has 0 fully saturated rings. The third-order valence-corrected chi connectivity index (χ3v) is 3.87. The van der Waals surface area contributed by atoms with Crippen LogP contribution in [0.5, 0.6) is 17.2 Å². The van der Waals surface area contributed by atoms with E-state index in [1.807, 2.05) is 49.4 Å². The predicted molar refractivity (Wildman–Crippen MR) is 104 cm³/mol. The topological polar surface area (TPSA) is 64.1 Å². The molecule has 2 N–H and O–H groups in total. The minimum atomic E-state index is 0.563. The monoisotopic (exact) mass is 357 g/mol. The number of guanidine groups is 1. The fraction of sp³-hybridized carbons (Fsp3) is 0.350. The van der Waals surface area contributed by atoms with Crippen molar-refractivity contribution in [3.8, 4) is 17.2 Å². The van der Waals surface area contributed by atoms with Gasteiger partial charge in [0.15, 0.2) is 17.5 Å². The van der Waals surface area contributed by atoms with Gasteiger partial charge in [0.1, 0.15) is 5.75 Å². The number of para-hydroxylation sites is 2. The Hall–Kier alpha value is -2.89. The Balaban J connectivity index is 1.99. The van der Waals surface area contributed by atoms with Gasteiger partial charge in [-0.2, -0.15) is 0 Å². The number of aliphatic imine (C=N–C) groups is 1. The summed E-state index contributed by atoms with van der Waals surface area (Å²) in [5.41, 5.74) is 2.07. The summed E-state index contributed by atoms with van der Waals surface area (Å²) in [5, 5.41) is 6.60. The second-order valence-electron chi connectivity index (χ2n) is 5.47. The van der Waals surface area contributed by atoms with Crippen LogP contribution < -0.4 is 24.8 Å². The van der Waals surface area contributed by atoms with E-state index in [1.165, 1.54) is 0 Å². The van der Waals surface area contributed by atoms with Crippen molar-refractivity contribution in [2.24, 2.45) is 4.99 Å². The Morgan fingerprint density at radius 2 is 1.54 bits per heavy atom. The average Bonchev–Trinajstić information content (AvgIpc) is 2.69. The molecule has 0 aliphatic carbocycles. The quantitative estimate of drug-likeness (QED) is 0.562. The number of ether oxygens (including phenoxy) is 3. The molecular weight excluding hydrogens is 330 g/mol. The van der Waals surface area contributed by atoms with Crippen molar-refractivity contribution in [1.29, 1.82) is 0 Å². The Morgan fingerprint density at radius 3 is 2.19 bits per heavy atom. The average molecular weight is 357 g/mol. The Morgan fingerprint density at radius 1 is 0.885 bits per heavy atom. The van der Waals surface area contributed by atoms with Crippen molar-refractivity contribution in [3.05, 3.63) is 53.6 Å². The molecule has 0 bridgehead atoms. The van der Waals surface area contributed by atoms with Crippen LogP contribution in [-0.2, 0) is 13.1 Å². The van der Waals surface area contributed by atoms with E-state index >= 15 is 0 Å². The highest BCUT2D eigenvalue weighted by Crippen LogP contribution is 2.30. The van der Waals surface area contributed by atoms with Crippen LogP contribution >= 0.6 is 0 Å². The van der Waals surface area contributed by atoms with E-state index in [1.54, 1.807) is 21.3 Å². The maximum Gasteiger partial charge on any atom is 0.191 e. The molecule has 2 aromatic rings. The summed E-state index contributed by atoms with van der Waals surface area (Å²) in [7, 11) is 5.01. The molecule has 6 heteroatoms. The minimum absolute atomic E-state index is 0.563. The van der Waals surface area contributed by atoms with Gasteiger partial charge in [0.05, 0.1) is 20.8 Å². The molecule has 0 unspecified atom stereocenters. The Bertz CT molecular complexity index is 732. The molecule has 0 saturated carbocycles. The van der Waals surface area contributed by atoms with Crippen LogP contribution in [0.2, 0.25) is 0 Å². The molecule has 0 spiro atoms. The van der Waals surface area contributed by atoms with Crippen LogP contribution in [0.15, 0.2) is 47.5 Å². The van der Waals surface area contributed by atoms with Crippen molar-refractivity contribution in [2.75, 3.05) is 27.9 Å². The van der Waals surface area contributed by atoms with Gasteiger partial charge in [0.25, 0.3) is 0 Å². The molecule has 0 aliphatic heterocycles. The zero-order valence-corrected chi connectivity index (χ0v) is 15.8. The summed E-state index contributed by atoms with van der Waals surface area (Å²) in [6.07, 6.45) is 0. The second-order valence-corrected chi connectivity index (χ2v) is 5.47. The molecule has 2 aromatic carbocycles. The second kappa shape index (κ2) is 10.2. The number of hydrogen-bond acceptors (Lipinski definition) is 4. The highest BCUT2D eigenvalue weighted by Gasteiger charge is 2.10. The lowest BCUT2D eigenvalue weighted by atomic mass is 10.2. The van der Waals surface area contributed by atoms with Gasteiger partial charge in [-0.05, 0) is 19.1 Å². The number of rotatable bonds is 8. The zero-order valence-electron chi connectivity index (χ0n) is 15.8. The number of methoxy groups -OCH3 is 2. The molecule has 0 heterocycles. The van der Waals surface area contributed by atoms with E-state index in [-0.39, 0.29) is 0 Å². The fourth-order valence-electron chi connectivity index (χ4n) is 2.62. The third kappa shape index (κ3) is 5.05. The van der Waals surface area contributed by atoms with E-state index in [0.717, 1.165) is 22.6 Å². The van der Waals surface area contributed by atoms with Crippen LogP contribution in [0.1, 0.15) is 18.1 Å². The molecule has 140 valence electrons. The van der Waals surface area contributed by atoms with Gasteiger partial charge in [-0.3, -0.25) is 4.99 Å². The van der Waals surface area contributed by atoms with Crippen molar-refractivity contribution in [3.63, 3.8) is 0 Å². The standard InChI is InChI=1S/C20H27N3O3/c1-5-26-17-11-7-6-9-15(17)13-22-20(21-2)23-14-16-10-8-12-18(24-3)19(16)25-4/h6-12H,5,13-14H2,1-4H3,(H2,21,22,23). The first-order chi connectivity index (χ1) is 12.7. The fourth-order valence-corrected chi connectivity index (χ4v) is 2.62. The van der Waals surface area contributed by atoms with E-state index < -0.39 is 0 Å².